The van der Waals surface area contributed by atoms with E-state index in [1.165, 1.54) is 17.7 Å². The maximum atomic E-state index is 12.9. The maximum Gasteiger partial charge on any atom is 0.136 e. The largest absolute Gasteiger partial charge is 0.300 e. The third-order valence-corrected chi connectivity index (χ3v) is 4.56. The highest BCUT2D eigenvalue weighted by atomic mass is 19.1. The van der Waals surface area contributed by atoms with E-state index in [1.807, 2.05) is 12.1 Å². The molecule has 2 aliphatic rings. The van der Waals surface area contributed by atoms with E-state index >= 15 is 0 Å². The maximum absolute atomic E-state index is 12.9. The molecule has 0 radical (unpaired) electrons. The summed E-state index contributed by atoms with van der Waals surface area (Å²) in [6, 6.07) is 8.10. The zero-order chi connectivity index (χ0) is 13.4. The second-order valence-corrected chi connectivity index (χ2v) is 5.96. The highest BCUT2D eigenvalue weighted by Gasteiger charge is 2.41. The first-order valence-electron chi connectivity index (χ1n) is 7.17. The first-order valence-corrected chi connectivity index (χ1v) is 7.17. The van der Waals surface area contributed by atoms with Gasteiger partial charge in [-0.1, -0.05) is 12.1 Å². The van der Waals surface area contributed by atoms with Crippen molar-refractivity contribution >= 4 is 5.78 Å². The molecule has 0 aliphatic carbocycles. The zero-order valence-corrected chi connectivity index (χ0v) is 11.3. The van der Waals surface area contributed by atoms with Gasteiger partial charge in [0.25, 0.3) is 0 Å². The van der Waals surface area contributed by atoms with Gasteiger partial charge in [-0.25, -0.2) is 4.39 Å². The number of piperidine rings is 1. The van der Waals surface area contributed by atoms with Gasteiger partial charge in [-0.2, -0.15) is 0 Å². The Morgan fingerprint density at radius 2 is 1.79 bits per heavy atom. The number of Topliss-reactive ketones (excluding diaryl/α,β-unsaturated/α-hetero) is 1. The molecule has 0 spiro atoms. The Balaban J connectivity index is 1.69. The topological polar surface area (TPSA) is 20.3 Å². The molecule has 0 aromatic heterocycles. The number of hydrogen-bond acceptors (Lipinski definition) is 2. The van der Waals surface area contributed by atoms with E-state index in [0.717, 1.165) is 32.1 Å². The van der Waals surface area contributed by atoms with Crippen LogP contribution in [-0.2, 0) is 11.2 Å². The van der Waals surface area contributed by atoms with E-state index < -0.39 is 0 Å². The predicted molar refractivity (Wildman–Crippen MR) is 72.5 cm³/mol. The van der Waals surface area contributed by atoms with Gasteiger partial charge in [0.15, 0.2) is 0 Å². The minimum absolute atomic E-state index is 0.181. The van der Waals surface area contributed by atoms with Gasteiger partial charge in [-0.3, -0.25) is 9.69 Å². The van der Waals surface area contributed by atoms with Crippen molar-refractivity contribution in [2.24, 2.45) is 0 Å². The quantitative estimate of drug-likeness (QED) is 0.833. The average Bonchev–Trinajstić information content (AvgIpc) is 2.65. The number of carbonyl (C=O) groups excluding carboxylic acids is 1. The van der Waals surface area contributed by atoms with Crippen molar-refractivity contribution in [2.45, 2.75) is 57.2 Å². The molecule has 3 rings (SSSR count). The molecule has 2 aliphatic heterocycles. The van der Waals surface area contributed by atoms with Crippen LogP contribution in [0.5, 0.6) is 0 Å². The third-order valence-electron chi connectivity index (χ3n) is 4.56. The molecule has 0 N–H and O–H groups in total. The van der Waals surface area contributed by atoms with E-state index in [2.05, 4.69) is 11.8 Å². The number of ketones is 1. The van der Waals surface area contributed by atoms with Crippen LogP contribution >= 0.6 is 0 Å². The number of rotatable bonds is 3. The summed E-state index contributed by atoms with van der Waals surface area (Å²) in [6.45, 7) is 2.23. The monoisotopic (exact) mass is 261 g/mol. The summed E-state index contributed by atoms with van der Waals surface area (Å²) in [4.78, 5) is 14.2. The van der Waals surface area contributed by atoms with Crippen molar-refractivity contribution in [3.8, 4) is 0 Å². The lowest BCUT2D eigenvalue weighted by molar-refractivity contribution is -0.124. The summed E-state index contributed by atoms with van der Waals surface area (Å²) in [5.74, 6) is 0.248. The van der Waals surface area contributed by atoms with Crippen molar-refractivity contribution in [1.82, 2.24) is 4.90 Å². The van der Waals surface area contributed by atoms with Crippen molar-refractivity contribution < 1.29 is 9.18 Å². The normalized spacial score (nSPS) is 28.6. The van der Waals surface area contributed by atoms with Gasteiger partial charge < -0.3 is 0 Å². The Kier molecular flexibility index (Phi) is 3.40. The second-order valence-electron chi connectivity index (χ2n) is 5.96. The fraction of sp³-hybridized carbons (Fsp3) is 0.562. The number of nitrogens with zero attached hydrogens (tertiary/aromatic N) is 1. The van der Waals surface area contributed by atoms with Gasteiger partial charge in [-0.05, 0) is 43.9 Å². The summed E-state index contributed by atoms with van der Waals surface area (Å²) in [5.41, 5.74) is 1.17. The minimum atomic E-state index is -0.181. The first-order chi connectivity index (χ1) is 9.13. The highest BCUT2D eigenvalue weighted by molar-refractivity contribution is 5.81. The Hall–Kier alpha value is -1.22. The molecule has 1 aromatic carbocycles. The lowest BCUT2D eigenvalue weighted by atomic mass is 9.96. The fourth-order valence-corrected chi connectivity index (χ4v) is 3.79. The molecule has 2 heterocycles. The summed E-state index contributed by atoms with van der Waals surface area (Å²) >= 11 is 0. The number of fused-ring (bicyclic) bond motifs is 2. The molecule has 2 saturated heterocycles. The van der Waals surface area contributed by atoms with Gasteiger partial charge in [-0.15, -0.1) is 0 Å². The van der Waals surface area contributed by atoms with Crippen LogP contribution < -0.4 is 0 Å². The number of halogens is 1. The van der Waals surface area contributed by atoms with E-state index in [-0.39, 0.29) is 5.82 Å². The van der Waals surface area contributed by atoms with Crippen LogP contribution in [0.3, 0.4) is 0 Å². The van der Waals surface area contributed by atoms with Crippen molar-refractivity contribution in [3.63, 3.8) is 0 Å². The van der Waals surface area contributed by atoms with Gasteiger partial charge in [0.2, 0.25) is 0 Å². The number of hydrogen-bond donors (Lipinski definition) is 0. The summed E-state index contributed by atoms with van der Waals surface area (Å²) in [5, 5.41) is 0. The molecule has 1 aromatic rings. The fourth-order valence-electron chi connectivity index (χ4n) is 3.79. The summed E-state index contributed by atoms with van der Waals surface area (Å²) in [6.07, 6.45) is 4.70. The highest BCUT2D eigenvalue weighted by Crippen LogP contribution is 2.36. The Morgan fingerprint density at radius 3 is 2.37 bits per heavy atom. The molecule has 2 bridgehead atoms. The predicted octanol–water partition coefficient (Wildman–Crippen LogP) is 2.95. The Morgan fingerprint density at radius 1 is 1.21 bits per heavy atom. The SMILES string of the molecule is CC(Cc1ccc(F)cc1)N1C2CCC1CC(=O)C2. The third kappa shape index (κ3) is 2.57. The van der Waals surface area contributed by atoms with E-state index in [1.54, 1.807) is 0 Å². The molecule has 3 atom stereocenters. The van der Waals surface area contributed by atoms with Gasteiger partial charge in [0, 0.05) is 31.0 Å². The minimum Gasteiger partial charge on any atom is -0.300 e. The molecular formula is C16H20FNO. The molecule has 2 fully saturated rings. The van der Waals surface area contributed by atoms with E-state index in [4.69, 9.17) is 0 Å². The Labute approximate surface area is 113 Å². The van der Waals surface area contributed by atoms with Gasteiger partial charge in [0.05, 0.1) is 0 Å². The molecular weight excluding hydrogens is 241 g/mol. The molecule has 102 valence electrons. The lowest BCUT2D eigenvalue weighted by Gasteiger charge is -2.38. The molecule has 19 heavy (non-hydrogen) atoms. The second kappa shape index (κ2) is 5.04. The van der Waals surface area contributed by atoms with Gasteiger partial charge >= 0.3 is 0 Å². The van der Waals surface area contributed by atoms with E-state index in [0.29, 0.717) is 23.9 Å². The van der Waals surface area contributed by atoms with Crippen LogP contribution in [0.4, 0.5) is 4.39 Å². The summed E-state index contributed by atoms with van der Waals surface area (Å²) in [7, 11) is 0. The molecule has 2 nitrogen and oxygen atoms in total. The molecule has 3 heteroatoms. The van der Waals surface area contributed by atoms with Crippen LogP contribution in [-0.4, -0.2) is 28.8 Å². The van der Waals surface area contributed by atoms with Crippen molar-refractivity contribution in [2.75, 3.05) is 0 Å². The molecule has 3 unspecified atom stereocenters. The Bertz CT molecular complexity index is 454. The van der Waals surface area contributed by atoms with Crippen molar-refractivity contribution in [1.29, 1.82) is 0 Å². The van der Waals surface area contributed by atoms with E-state index in [9.17, 15) is 9.18 Å². The lowest BCUT2D eigenvalue weighted by Crippen LogP contribution is -2.48. The van der Waals surface area contributed by atoms with Crippen LogP contribution in [0, 0.1) is 5.82 Å². The van der Waals surface area contributed by atoms with Crippen LogP contribution in [0.15, 0.2) is 24.3 Å². The molecule has 0 amide bonds. The van der Waals surface area contributed by atoms with Crippen molar-refractivity contribution in [3.05, 3.63) is 35.6 Å². The smallest absolute Gasteiger partial charge is 0.136 e. The van der Waals surface area contributed by atoms with Crippen LogP contribution in [0.2, 0.25) is 0 Å². The zero-order valence-electron chi connectivity index (χ0n) is 11.3. The summed E-state index contributed by atoms with van der Waals surface area (Å²) < 4.78 is 12.9. The van der Waals surface area contributed by atoms with Crippen LogP contribution in [0.25, 0.3) is 0 Å². The number of benzene rings is 1. The first kappa shape index (κ1) is 12.8. The molecule has 0 saturated carbocycles. The standard InChI is InChI=1S/C16H20FNO/c1-11(8-12-2-4-13(17)5-3-12)18-14-6-7-15(18)10-16(19)9-14/h2-5,11,14-15H,6-10H2,1H3. The number of carbonyl (C=O) groups is 1. The van der Waals surface area contributed by atoms with Gasteiger partial charge in [0.1, 0.15) is 11.6 Å². The average molecular weight is 261 g/mol. The van der Waals surface area contributed by atoms with Crippen LogP contribution in [0.1, 0.15) is 38.2 Å².